The molecular formula is C16H26N6O2. The van der Waals surface area contributed by atoms with E-state index in [4.69, 9.17) is 0 Å². The van der Waals surface area contributed by atoms with Crippen LogP contribution in [0.2, 0.25) is 0 Å². The number of piperazine rings is 1. The van der Waals surface area contributed by atoms with Gasteiger partial charge in [-0.1, -0.05) is 0 Å². The summed E-state index contributed by atoms with van der Waals surface area (Å²) in [5.74, 6) is 0.970. The SMILES string of the molecule is CN1CCCC(CCC(=O)N2CCN(C(=O)c3ncn[nH]3)CC2)C1. The van der Waals surface area contributed by atoms with Crippen molar-refractivity contribution in [3.63, 3.8) is 0 Å². The van der Waals surface area contributed by atoms with Gasteiger partial charge in [0.25, 0.3) is 5.91 Å². The van der Waals surface area contributed by atoms with Crippen molar-refractivity contribution in [2.24, 2.45) is 5.92 Å². The van der Waals surface area contributed by atoms with Crippen molar-refractivity contribution < 1.29 is 9.59 Å². The Morgan fingerprint density at radius 3 is 2.62 bits per heavy atom. The van der Waals surface area contributed by atoms with Crippen LogP contribution in [0.5, 0.6) is 0 Å². The Labute approximate surface area is 142 Å². The Morgan fingerprint density at radius 1 is 1.21 bits per heavy atom. The molecule has 0 saturated carbocycles. The summed E-state index contributed by atoms with van der Waals surface area (Å²) in [6.45, 7) is 4.58. The first-order chi connectivity index (χ1) is 11.6. The second-order valence-corrected chi connectivity index (χ2v) is 6.82. The molecule has 0 spiro atoms. The molecule has 1 aromatic heterocycles. The highest BCUT2D eigenvalue weighted by Gasteiger charge is 2.26. The van der Waals surface area contributed by atoms with E-state index in [0.29, 0.717) is 38.5 Å². The Bertz CT molecular complexity index is 553. The minimum Gasteiger partial charge on any atom is -0.339 e. The lowest BCUT2D eigenvalue weighted by Crippen LogP contribution is -2.50. The van der Waals surface area contributed by atoms with Crippen molar-refractivity contribution in [1.82, 2.24) is 29.9 Å². The number of hydrogen-bond donors (Lipinski definition) is 1. The summed E-state index contributed by atoms with van der Waals surface area (Å²) in [5.41, 5.74) is 0. The van der Waals surface area contributed by atoms with Gasteiger partial charge in [0.2, 0.25) is 11.7 Å². The molecule has 1 aromatic rings. The summed E-state index contributed by atoms with van der Waals surface area (Å²) in [6, 6.07) is 0. The molecular weight excluding hydrogens is 308 g/mol. The number of aromatic amines is 1. The maximum absolute atomic E-state index is 12.4. The van der Waals surface area contributed by atoms with Gasteiger partial charge in [0.15, 0.2) is 0 Å². The Balaban J connectivity index is 1.41. The summed E-state index contributed by atoms with van der Waals surface area (Å²) in [6.07, 6.45) is 5.39. The van der Waals surface area contributed by atoms with Gasteiger partial charge in [0, 0.05) is 39.1 Å². The molecule has 0 radical (unpaired) electrons. The van der Waals surface area contributed by atoms with E-state index >= 15 is 0 Å². The summed E-state index contributed by atoms with van der Waals surface area (Å²) in [7, 11) is 2.15. The number of piperidine rings is 1. The number of carbonyl (C=O) groups is 2. The van der Waals surface area contributed by atoms with Gasteiger partial charge in [0.1, 0.15) is 6.33 Å². The minimum atomic E-state index is -0.148. The third-order valence-corrected chi connectivity index (χ3v) is 5.03. The monoisotopic (exact) mass is 334 g/mol. The van der Waals surface area contributed by atoms with Gasteiger partial charge in [-0.15, -0.1) is 0 Å². The number of carbonyl (C=O) groups excluding carboxylic acids is 2. The largest absolute Gasteiger partial charge is 0.339 e. The summed E-state index contributed by atoms with van der Waals surface area (Å²) < 4.78 is 0. The summed E-state index contributed by atoms with van der Waals surface area (Å²) in [5, 5.41) is 6.30. The van der Waals surface area contributed by atoms with E-state index < -0.39 is 0 Å². The Hall–Kier alpha value is -1.96. The lowest BCUT2D eigenvalue weighted by Gasteiger charge is -2.35. The van der Waals surface area contributed by atoms with Crippen molar-refractivity contribution in [3.8, 4) is 0 Å². The molecule has 0 bridgehead atoms. The fourth-order valence-electron chi connectivity index (χ4n) is 3.61. The molecule has 2 fully saturated rings. The maximum Gasteiger partial charge on any atom is 0.291 e. The van der Waals surface area contributed by atoms with E-state index in [2.05, 4.69) is 27.1 Å². The first-order valence-corrected chi connectivity index (χ1v) is 8.74. The Kier molecular flexibility index (Phi) is 5.44. The fourth-order valence-corrected chi connectivity index (χ4v) is 3.61. The zero-order valence-corrected chi connectivity index (χ0v) is 14.3. The van der Waals surface area contributed by atoms with E-state index in [1.54, 1.807) is 4.90 Å². The van der Waals surface area contributed by atoms with Crippen LogP contribution in [-0.4, -0.2) is 88.0 Å². The van der Waals surface area contributed by atoms with E-state index in [1.165, 1.54) is 25.7 Å². The van der Waals surface area contributed by atoms with Crippen LogP contribution >= 0.6 is 0 Å². The zero-order chi connectivity index (χ0) is 16.9. The predicted molar refractivity (Wildman–Crippen MR) is 88.3 cm³/mol. The molecule has 2 aliphatic rings. The van der Waals surface area contributed by atoms with Crippen molar-refractivity contribution in [2.75, 3.05) is 46.3 Å². The molecule has 2 amide bonds. The lowest BCUT2D eigenvalue weighted by atomic mass is 9.93. The third kappa shape index (κ3) is 4.11. The van der Waals surface area contributed by atoms with Crippen LogP contribution in [-0.2, 0) is 4.79 Å². The third-order valence-electron chi connectivity index (χ3n) is 5.03. The van der Waals surface area contributed by atoms with Crippen LogP contribution in [0.25, 0.3) is 0 Å². The maximum atomic E-state index is 12.4. The second-order valence-electron chi connectivity index (χ2n) is 6.82. The minimum absolute atomic E-state index is 0.148. The fraction of sp³-hybridized carbons (Fsp3) is 0.750. The van der Waals surface area contributed by atoms with Gasteiger partial charge in [-0.25, -0.2) is 4.98 Å². The molecule has 8 nitrogen and oxygen atoms in total. The van der Waals surface area contributed by atoms with Gasteiger partial charge in [-0.05, 0) is 38.8 Å². The number of nitrogens with one attached hydrogen (secondary N) is 1. The second kappa shape index (κ2) is 7.74. The number of aromatic nitrogens is 3. The number of H-pyrrole nitrogens is 1. The zero-order valence-electron chi connectivity index (χ0n) is 14.3. The van der Waals surface area contributed by atoms with E-state index in [9.17, 15) is 9.59 Å². The smallest absolute Gasteiger partial charge is 0.291 e. The first kappa shape index (κ1) is 16.9. The van der Waals surface area contributed by atoms with Gasteiger partial charge >= 0.3 is 0 Å². The van der Waals surface area contributed by atoms with Crippen LogP contribution < -0.4 is 0 Å². The average Bonchev–Trinajstić information content (AvgIpc) is 3.14. The lowest BCUT2D eigenvalue weighted by molar-refractivity contribution is -0.133. The highest BCUT2D eigenvalue weighted by atomic mass is 16.2. The van der Waals surface area contributed by atoms with Gasteiger partial charge in [-0.2, -0.15) is 5.10 Å². The Morgan fingerprint density at radius 2 is 1.96 bits per heavy atom. The average molecular weight is 334 g/mol. The highest BCUT2D eigenvalue weighted by molar-refractivity contribution is 5.90. The van der Waals surface area contributed by atoms with Gasteiger partial charge in [-0.3, -0.25) is 14.7 Å². The van der Waals surface area contributed by atoms with E-state index in [1.807, 2.05) is 4.90 Å². The van der Waals surface area contributed by atoms with Gasteiger partial charge < -0.3 is 14.7 Å². The van der Waals surface area contributed by atoms with Crippen LogP contribution in [0.4, 0.5) is 0 Å². The van der Waals surface area contributed by atoms with Crippen molar-refractivity contribution >= 4 is 11.8 Å². The van der Waals surface area contributed by atoms with E-state index in [0.717, 1.165) is 13.0 Å². The standard InChI is InChI=1S/C16H26N6O2/c1-20-6-2-3-13(11-20)4-5-14(23)21-7-9-22(10-8-21)16(24)15-17-12-18-19-15/h12-13H,2-11H2,1H3,(H,17,18,19). The molecule has 1 N–H and O–H groups in total. The number of nitrogens with zero attached hydrogens (tertiary/aromatic N) is 5. The van der Waals surface area contributed by atoms with Crippen molar-refractivity contribution in [3.05, 3.63) is 12.2 Å². The van der Waals surface area contributed by atoms with Crippen LogP contribution in [0, 0.1) is 5.92 Å². The normalized spacial score (nSPS) is 22.6. The number of hydrogen-bond acceptors (Lipinski definition) is 5. The quantitative estimate of drug-likeness (QED) is 0.851. The number of rotatable bonds is 4. The highest BCUT2D eigenvalue weighted by Crippen LogP contribution is 2.20. The van der Waals surface area contributed by atoms with E-state index in [-0.39, 0.29) is 17.6 Å². The molecule has 24 heavy (non-hydrogen) atoms. The molecule has 8 heteroatoms. The molecule has 1 unspecified atom stereocenters. The molecule has 2 aliphatic heterocycles. The van der Waals surface area contributed by atoms with Crippen molar-refractivity contribution in [2.45, 2.75) is 25.7 Å². The number of amides is 2. The molecule has 2 saturated heterocycles. The molecule has 3 heterocycles. The molecule has 3 rings (SSSR count). The predicted octanol–water partition coefficient (Wildman–Crippen LogP) is 0.211. The summed E-state index contributed by atoms with van der Waals surface area (Å²) in [4.78, 5) is 34.4. The first-order valence-electron chi connectivity index (χ1n) is 8.74. The van der Waals surface area contributed by atoms with Crippen molar-refractivity contribution in [1.29, 1.82) is 0 Å². The van der Waals surface area contributed by atoms with Crippen LogP contribution in [0.1, 0.15) is 36.3 Å². The van der Waals surface area contributed by atoms with Gasteiger partial charge in [0.05, 0.1) is 0 Å². The molecule has 1 atom stereocenters. The molecule has 0 aliphatic carbocycles. The van der Waals surface area contributed by atoms with Crippen LogP contribution in [0.15, 0.2) is 6.33 Å². The topological polar surface area (TPSA) is 85.4 Å². The summed E-state index contributed by atoms with van der Waals surface area (Å²) >= 11 is 0. The number of likely N-dealkylation sites (tertiary alicyclic amines) is 1. The molecule has 132 valence electrons. The van der Waals surface area contributed by atoms with Crippen LogP contribution in [0.3, 0.4) is 0 Å². The molecule has 0 aromatic carbocycles.